The van der Waals surface area contributed by atoms with Crippen LogP contribution >= 0.6 is 23.2 Å². The van der Waals surface area contributed by atoms with Crippen LogP contribution in [0.4, 0.5) is 0 Å². The lowest BCUT2D eigenvalue weighted by molar-refractivity contribution is -0.115. The van der Waals surface area contributed by atoms with E-state index in [1.165, 1.54) is 10.4 Å². The molecule has 0 aromatic heterocycles. The maximum Gasteiger partial charge on any atom is 0.224 e. The van der Waals surface area contributed by atoms with Crippen LogP contribution in [-0.4, -0.2) is 69.1 Å². The molecule has 1 fully saturated rings. The van der Waals surface area contributed by atoms with Crippen LogP contribution in [0.2, 0.25) is 10.0 Å². The normalized spacial score (nSPS) is 20.8. The van der Waals surface area contributed by atoms with Crippen LogP contribution < -0.4 is 9.47 Å². The summed E-state index contributed by atoms with van der Waals surface area (Å²) in [5.41, 5.74) is 1.41. The fourth-order valence-electron chi connectivity index (χ4n) is 5.40. The van der Waals surface area contributed by atoms with Crippen LogP contribution in [0.5, 0.6) is 11.5 Å². The van der Waals surface area contributed by atoms with Gasteiger partial charge < -0.3 is 14.3 Å². The van der Waals surface area contributed by atoms with Crippen molar-refractivity contribution in [3.63, 3.8) is 0 Å². The number of nitrogens with zero attached hydrogens (tertiary/aromatic N) is 3. The lowest BCUT2D eigenvalue weighted by atomic mass is 9.78. The molecule has 2 aliphatic rings. The molecule has 0 N–H and O–H groups in total. The highest BCUT2D eigenvalue weighted by Gasteiger charge is 2.48. The average Bonchev–Trinajstić information content (AvgIpc) is 3.20. The fourth-order valence-corrected chi connectivity index (χ4v) is 7.69. The van der Waals surface area contributed by atoms with Gasteiger partial charge in [-0.2, -0.15) is 5.10 Å². The molecule has 39 heavy (non-hydrogen) atoms. The summed E-state index contributed by atoms with van der Waals surface area (Å²) >= 11 is 12.5. The Morgan fingerprint density at radius 2 is 1.77 bits per heavy atom. The van der Waals surface area contributed by atoms with Crippen LogP contribution in [-0.2, 0) is 14.8 Å². The number of rotatable bonds is 9. The second-order valence-corrected chi connectivity index (χ2v) is 13.0. The number of piperidine rings is 1. The van der Waals surface area contributed by atoms with E-state index in [0.717, 1.165) is 17.6 Å². The molecule has 1 saturated heterocycles. The van der Waals surface area contributed by atoms with E-state index >= 15 is 0 Å². The standard InChI is InChI=1S/C28H33Cl2N3O5S/c1-6-24(20-8-7-9-21(29)26(20)30)39(35,36)32-14-12-19(13-15-32)33-25(17-34)28(2,3)27(31-33)18-10-11-22(37-4)23(16-18)38-5/h6-11,16-17,19,24-25H,1,12-15H2,2-5H3. The van der Waals surface area contributed by atoms with Gasteiger partial charge in [-0.25, -0.2) is 12.7 Å². The summed E-state index contributed by atoms with van der Waals surface area (Å²) < 4.78 is 39.5. The third-order valence-electron chi connectivity index (χ3n) is 7.62. The number of benzene rings is 2. The number of hydrogen-bond donors (Lipinski definition) is 0. The van der Waals surface area contributed by atoms with Gasteiger partial charge in [0.25, 0.3) is 0 Å². The lowest BCUT2D eigenvalue weighted by Crippen LogP contribution is -2.50. The van der Waals surface area contributed by atoms with Crippen LogP contribution in [0, 0.1) is 5.41 Å². The predicted molar refractivity (Wildman–Crippen MR) is 154 cm³/mol. The van der Waals surface area contributed by atoms with Gasteiger partial charge in [0.05, 0.1) is 36.0 Å². The van der Waals surface area contributed by atoms with Gasteiger partial charge in [-0.15, -0.1) is 6.58 Å². The maximum absolute atomic E-state index is 13.6. The summed E-state index contributed by atoms with van der Waals surface area (Å²) in [4.78, 5) is 12.3. The Morgan fingerprint density at radius 1 is 1.10 bits per heavy atom. The molecule has 2 aromatic carbocycles. The number of hydrogen-bond acceptors (Lipinski definition) is 7. The Kier molecular flexibility index (Phi) is 8.66. The second kappa shape index (κ2) is 11.5. The minimum Gasteiger partial charge on any atom is -0.493 e. The van der Waals surface area contributed by atoms with E-state index in [9.17, 15) is 13.2 Å². The Hall–Kier alpha value is -2.59. The molecule has 11 heteroatoms. The first-order valence-corrected chi connectivity index (χ1v) is 14.9. The summed E-state index contributed by atoms with van der Waals surface area (Å²) in [7, 11) is -0.653. The quantitative estimate of drug-likeness (QED) is 0.288. The van der Waals surface area contributed by atoms with E-state index in [1.54, 1.807) is 32.4 Å². The molecular weight excluding hydrogens is 561 g/mol. The van der Waals surface area contributed by atoms with Crippen molar-refractivity contribution >= 4 is 45.2 Å². The highest BCUT2D eigenvalue weighted by Crippen LogP contribution is 2.41. The van der Waals surface area contributed by atoms with Gasteiger partial charge in [0, 0.05) is 24.1 Å². The average molecular weight is 595 g/mol. The summed E-state index contributed by atoms with van der Waals surface area (Å²) in [5.74, 6) is 1.18. The van der Waals surface area contributed by atoms with Crippen LogP contribution in [0.1, 0.15) is 43.1 Å². The number of ether oxygens (including phenoxy) is 2. The number of methoxy groups -OCH3 is 2. The maximum atomic E-state index is 13.6. The summed E-state index contributed by atoms with van der Waals surface area (Å²) in [6.07, 6.45) is 3.32. The van der Waals surface area contributed by atoms with Gasteiger partial charge in [0.2, 0.25) is 10.0 Å². The number of aldehydes is 1. The third-order valence-corrected chi connectivity index (χ3v) is 10.6. The van der Waals surface area contributed by atoms with Crippen molar-refractivity contribution in [2.75, 3.05) is 27.3 Å². The van der Waals surface area contributed by atoms with Crippen molar-refractivity contribution in [3.8, 4) is 11.5 Å². The molecule has 2 heterocycles. The van der Waals surface area contributed by atoms with Crippen molar-refractivity contribution in [1.82, 2.24) is 9.31 Å². The number of halogens is 2. The molecule has 0 saturated carbocycles. The van der Waals surface area contributed by atoms with E-state index in [2.05, 4.69) is 6.58 Å². The minimum atomic E-state index is -3.80. The zero-order valence-electron chi connectivity index (χ0n) is 22.4. The second-order valence-electron chi connectivity index (χ2n) is 10.2. The molecule has 0 spiro atoms. The predicted octanol–water partition coefficient (Wildman–Crippen LogP) is 5.35. The monoisotopic (exact) mass is 593 g/mol. The molecule has 2 atom stereocenters. The summed E-state index contributed by atoms with van der Waals surface area (Å²) in [6, 6.07) is 9.90. The first-order valence-electron chi connectivity index (χ1n) is 12.6. The molecular formula is C28H33Cl2N3O5S. The summed E-state index contributed by atoms with van der Waals surface area (Å²) in [5, 5.41) is 6.24. The van der Waals surface area contributed by atoms with Crippen LogP contribution in [0.25, 0.3) is 0 Å². The number of sulfonamides is 1. The Morgan fingerprint density at radius 3 is 2.36 bits per heavy atom. The lowest BCUT2D eigenvalue weighted by Gasteiger charge is -2.39. The summed E-state index contributed by atoms with van der Waals surface area (Å²) in [6.45, 7) is 8.29. The van der Waals surface area contributed by atoms with Crippen molar-refractivity contribution in [1.29, 1.82) is 0 Å². The van der Waals surface area contributed by atoms with Gasteiger partial charge in [-0.05, 0) is 42.7 Å². The van der Waals surface area contributed by atoms with Crippen molar-refractivity contribution in [2.24, 2.45) is 10.5 Å². The van der Waals surface area contributed by atoms with Gasteiger partial charge in [-0.1, -0.05) is 55.3 Å². The highest BCUT2D eigenvalue weighted by molar-refractivity contribution is 7.89. The Labute approximate surface area is 240 Å². The van der Waals surface area contributed by atoms with Crippen LogP contribution in [0.3, 0.4) is 0 Å². The molecule has 8 nitrogen and oxygen atoms in total. The number of hydrazone groups is 1. The zero-order chi connectivity index (χ0) is 28.5. The molecule has 210 valence electrons. The zero-order valence-corrected chi connectivity index (χ0v) is 24.8. The van der Waals surface area contributed by atoms with Gasteiger partial charge in [-0.3, -0.25) is 5.01 Å². The number of carbonyl (C=O) groups is 1. The van der Waals surface area contributed by atoms with E-state index in [1.807, 2.05) is 37.1 Å². The Balaban J connectivity index is 1.57. The Bertz CT molecular complexity index is 1390. The van der Waals surface area contributed by atoms with Gasteiger partial charge in [0.1, 0.15) is 17.6 Å². The van der Waals surface area contributed by atoms with E-state index < -0.39 is 26.7 Å². The van der Waals surface area contributed by atoms with Crippen LogP contribution in [0.15, 0.2) is 54.2 Å². The molecule has 2 aromatic rings. The molecule has 0 amide bonds. The fraction of sp³-hybridized carbons (Fsp3) is 0.429. The SMILES string of the molecule is C=CC(c1cccc(Cl)c1Cl)S(=O)(=O)N1CCC(N2N=C(c3ccc(OC)c(OC)c3)C(C)(C)C2C=O)CC1. The molecule has 0 radical (unpaired) electrons. The third kappa shape index (κ3) is 5.29. The van der Waals surface area contributed by atoms with E-state index in [4.69, 9.17) is 37.8 Å². The van der Waals surface area contributed by atoms with Crippen molar-refractivity contribution < 1.29 is 22.7 Å². The largest absolute Gasteiger partial charge is 0.493 e. The molecule has 2 unspecified atom stereocenters. The number of carbonyl (C=O) groups excluding carboxylic acids is 1. The van der Waals surface area contributed by atoms with Crippen molar-refractivity contribution in [3.05, 3.63) is 70.2 Å². The highest BCUT2D eigenvalue weighted by atomic mass is 35.5. The molecule has 0 bridgehead atoms. The van der Waals surface area contributed by atoms with E-state index in [-0.39, 0.29) is 29.2 Å². The van der Waals surface area contributed by atoms with Gasteiger partial charge in [0.15, 0.2) is 11.5 Å². The first-order chi connectivity index (χ1) is 18.5. The van der Waals surface area contributed by atoms with Crippen molar-refractivity contribution in [2.45, 2.75) is 44.0 Å². The molecule has 4 rings (SSSR count). The van der Waals surface area contributed by atoms with Gasteiger partial charge >= 0.3 is 0 Å². The minimum absolute atomic E-state index is 0.111. The van der Waals surface area contributed by atoms with E-state index in [0.29, 0.717) is 29.9 Å². The topological polar surface area (TPSA) is 88.5 Å². The molecule has 2 aliphatic heterocycles. The smallest absolute Gasteiger partial charge is 0.224 e. The first kappa shape index (κ1) is 29.4. The molecule has 0 aliphatic carbocycles.